The third-order valence-electron chi connectivity index (χ3n) is 3.24. The van der Waals surface area contributed by atoms with Crippen molar-refractivity contribution in [3.63, 3.8) is 0 Å². The van der Waals surface area contributed by atoms with Crippen LogP contribution in [0.1, 0.15) is 5.01 Å². The van der Waals surface area contributed by atoms with Gasteiger partial charge in [0, 0.05) is 17.1 Å². The van der Waals surface area contributed by atoms with Gasteiger partial charge >= 0.3 is 0 Å². The van der Waals surface area contributed by atoms with Gasteiger partial charge in [0.1, 0.15) is 28.3 Å². The first kappa shape index (κ1) is 15.8. The maximum atomic E-state index is 13.6. The Bertz CT molecular complexity index is 924. The molecule has 1 N–H and O–H groups in total. The number of nitriles is 1. The zero-order chi connectivity index (χ0) is 16.9. The number of halogens is 2. The van der Waals surface area contributed by atoms with Crippen LogP contribution in [0.3, 0.4) is 0 Å². The van der Waals surface area contributed by atoms with Gasteiger partial charge in [-0.15, -0.1) is 11.3 Å². The number of rotatable bonds is 4. The molecule has 24 heavy (non-hydrogen) atoms. The fraction of sp³-hybridized carbons (Fsp3) is 0. The Balaban J connectivity index is 1.84. The Morgan fingerprint density at radius 1 is 1.12 bits per heavy atom. The first-order chi connectivity index (χ1) is 11.7. The molecule has 0 aliphatic carbocycles. The first-order valence-electron chi connectivity index (χ1n) is 7.00. The summed E-state index contributed by atoms with van der Waals surface area (Å²) in [6, 6.07) is 14.2. The minimum atomic E-state index is -0.405. The third kappa shape index (κ3) is 3.47. The van der Waals surface area contributed by atoms with Crippen LogP contribution in [0, 0.1) is 23.0 Å². The minimum Gasteiger partial charge on any atom is -0.358 e. The van der Waals surface area contributed by atoms with E-state index in [1.54, 1.807) is 35.7 Å². The van der Waals surface area contributed by atoms with Crippen LogP contribution in [0.15, 0.2) is 60.1 Å². The highest BCUT2D eigenvalue weighted by Crippen LogP contribution is 2.26. The quantitative estimate of drug-likeness (QED) is 0.676. The van der Waals surface area contributed by atoms with Gasteiger partial charge in [0.25, 0.3) is 0 Å². The van der Waals surface area contributed by atoms with E-state index in [2.05, 4.69) is 10.3 Å². The normalized spacial score (nSPS) is 11.1. The van der Waals surface area contributed by atoms with Crippen LogP contribution in [-0.2, 0) is 0 Å². The van der Waals surface area contributed by atoms with Crippen molar-refractivity contribution < 1.29 is 8.78 Å². The van der Waals surface area contributed by atoms with Crippen molar-refractivity contribution in [3.05, 3.63) is 76.8 Å². The summed E-state index contributed by atoms with van der Waals surface area (Å²) in [4.78, 5) is 4.39. The molecule has 6 heteroatoms. The molecule has 2 aromatic carbocycles. The second kappa shape index (κ2) is 7.02. The lowest BCUT2D eigenvalue weighted by Crippen LogP contribution is -1.93. The number of hydrogen-bond donors (Lipinski definition) is 1. The van der Waals surface area contributed by atoms with Crippen molar-refractivity contribution in [1.82, 2.24) is 4.98 Å². The maximum absolute atomic E-state index is 13.6. The summed E-state index contributed by atoms with van der Waals surface area (Å²) < 4.78 is 26.6. The summed E-state index contributed by atoms with van der Waals surface area (Å²) >= 11 is 1.29. The van der Waals surface area contributed by atoms with Crippen LogP contribution in [0.25, 0.3) is 16.8 Å². The second-order valence-electron chi connectivity index (χ2n) is 4.84. The molecule has 1 heterocycles. The van der Waals surface area contributed by atoms with Gasteiger partial charge in [0.2, 0.25) is 0 Å². The van der Waals surface area contributed by atoms with Crippen molar-refractivity contribution in [3.8, 4) is 17.3 Å². The lowest BCUT2D eigenvalue weighted by atomic mass is 10.2. The summed E-state index contributed by atoms with van der Waals surface area (Å²) in [7, 11) is 0. The molecule has 0 amide bonds. The Labute approximate surface area is 141 Å². The monoisotopic (exact) mass is 339 g/mol. The van der Waals surface area contributed by atoms with Gasteiger partial charge in [0.15, 0.2) is 0 Å². The molecule has 3 nitrogen and oxygen atoms in total. The van der Waals surface area contributed by atoms with E-state index in [1.807, 2.05) is 6.07 Å². The minimum absolute atomic E-state index is 0.278. The molecule has 0 saturated heterocycles. The predicted molar refractivity (Wildman–Crippen MR) is 91.1 cm³/mol. The molecule has 0 fully saturated rings. The summed E-state index contributed by atoms with van der Waals surface area (Å²) in [5.74, 6) is -0.724. The Hall–Kier alpha value is -3.04. The molecule has 3 aromatic rings. The largest absolute Gasteiger partial charge is 0.358 e. The van der Waals surface area contributed by atoms with E-state index in [0.29, 0.717) is 10.7 Å². The number of benzene rings is 2. The van der Waals surface area contributed by atoms with Gasteiger partial charge in [-0.2, -0.15) is 5.26 Å². The number of anilines is 1. The zero-order valence-electron chi connectivity index (χ0n) is 12.3. The zero-order valence-corrected chi connectivity index (χ0v) is 13.1. The maximum Gasteiger partial charge on any atom is 0.146 e. The first-order valence-corrected chi connectivity index (χ1v) is 7.88. The lowest BCUT2D eigenvalue weighted by molar-refractivity contribution is 0.628. The predicted octanol–water partition coefficient (Wildman–Crippen LogP) is 5.06. The summed E-state index contributed by atoms with van der Waals surface area (Å²) in [6.45, 7) is 0. The van der Waals surface area contributed by atoms with Crippen molar-refractivity contribution in [2.24, 2.45) is 0 Å². The van der Waals surface area contributed by atoms with Crippen LogP contribution in [-0.4, -0.2) is 4.98 Å². The van der Waals surface area contributed by atoms with Gasteiger partial charge in [-0.3, -0.25) is 0 Å². The highest BCUT2D eigenvalue weighted by molar-refractivity contribution is 7.11. The van der Waals surface area contributed by atoms with Crippen molar-refractivity contribution >= 4 is 22.6 Å². The van der Waals surface area contributed by atoms with E-state index in [4.69, 9.17) is 0 Å². The van der Waals surface area contributed by atoms with Gasteiger partial charge in [-0.25, -0.2) is 13.8 Å². The molecule has 3 rings (SSSR count). The van der Waals surface area contributed by atoms with Gasteiger partial charge in [0.05, 0.1) is 11.4 Å². The van der Waals surface area contributed by atoms with E-state index < -0.39 is 5.82 Å². The number of hydrogen-bond acceptors (Lipinski definition) is 4. The number of nitrogens with zero attached hydrogens (tertiary/aromatic N) is 2. The molecule has 0 aliphatic heterocycles. The van der Waals surface area contributed by atoms with Crippen LogP contribution < -0.4 is 5.32 Å². The summed E-state index contributed by atoms with van der Waals surface area (Å²) in [5.41, 5.74) is 1.98. The highest BCUT2D eigenvalue weighted by atomic mass is 32.1. The number of thiazole rings is 1. The van der Waals surface area contributed by atoms with Crippen molar-refractivity contribution in [2.45, 2.75) is 0 Å². The van der Waals surface area contributed by atoms with Gasteiger partial charge in [-0.05, 0) is 36.4 Å². The van der Waals surface area contributed by atoms with Crippen molar-refractivity contribution in [2.75, 3.05) is 5.32 Å². The smallest absolute Gasteiger partial charge is 0.146 e. The molecular formula is C18H11F2N3S. The number of allylic oxidation sites excluding steroid dienone is 1. The number of para-hydroxylation sites is 1. The molecule has 118 valence electrons. The van der Waals surface area contributed by atoms with E-state index in [0.717, 1.165) is 5.56 Å². The summed E-state index contributed by atoms with van der Waals surface area (Å²) in [5, 5.41) is 14.4. The topological polar surface area (TPSA) is 48.7 Å². The molecule has 0 spiro atoms. The fourth-order valence-electron chi connectivity index (χ4n) is 2.02. The number of aromatic nitrogens is 1. The molecule has 0 saturated carbocycles. The van der Waals surface area contributed by atoms with Crippen molar-refractivity contribution in [1.29, 1.82) is 5.26 Å². The third-order valence-corrected chi connectivity index (χ3v) is 4.12. The highest BCUT2D eigenvalue weighted by Gasteiger charge is 2.09. The van der Waals surface area contributed by atoms with E-state index in [-0.39, 0.29) is 17.1 Å². The van der Waals surface area contributed by atoms with E-state index in [1.165, 1.54) is 35.7 Å². The lowest BCUT2D eigenvalue weighted by Gasteiger charge is -2.02. The fourth-order valence-corrected chi connectivity index (χ4v) is 2.82. The van der Waals surface area contributed by atoms with Crippen LogP contribution in [0.5, 0.6) is 0 Å². The molecule has 0 unspecified atom stereocenters. The molecule has 0 atom stereocenters. The van der Waals surface area contributed by atoms with E-state index >= 15 is 0 Å². The molecule has 1 aromatic heterocycles. The average molecular weight is 339 g/mol. The van der Waals surface area contributed by atoms with Gasteiger partial charge in [-0.1, -0.05) is 12.1 Å². The molecule has 0 radical (unpaired) electrons. The standard InChI is InChI=1S/C18H11F2N3S/c19-14-7-5-12(6-8-14)17-11-24-18(23-17)13(9-21)10-22-16-4-2-1-3-15(16)20/h1-8,10-11,22H/b13-10+. The molecule has 0 bridgehead atoms. The Kier molecular flexibility index (Phi) is 4.64. The Morgan fingerprint density at radius 2 is 1.88 bits per heavy atom. The SMILES string of the molecule is N#C/C(=C\Nc1ccccc1F)c1nc(-c2ccc(F)cc2)cs1. The second-order valence-corrected chi connectivity index (χ2v) is 5.70. The van der Waals surface area contributed by atoms with Gasteiger partial charge < -0.3 is 5.32 Å². The Morgan fingerprint density at radius 3 is 2.58 bits per heavy atom. The number of nitrogens with one attached hydrogen (secondary N) is 1. The van der Waals surface area contributed by atoms with Crippen LogP contribution >= 0.6 is 11.3 Å². The average Bonchev–Trinajstić information content (AvgIpc) is 3.07. The summed E-state index contributed by atoms with van der Waals surface area (Å²) in [6.07, 6.45) is 1.42. The molecule has 0 aliphatic rings. The van der Waals surface area contributed by atoms with Crippen LogP contribution in [0.4, 0.5) is 14.5 Å². The molecular weight excluding hydrogens is 328 g/mol. The van der Waals surface area contributed by atoms with Crippen LogP contribution in [0.2, 0.25) is 0 Å². The van der Waals surface area contributed by atoms with E-state index in [9.17, 15) is 14.0 Å².